The maximum Gasteiger partial charge on any atom is 0.219 e. The summed E-state index contributed by atoms with van der Waals surface area (Å²) in [4.78, 5) is 4.27. The molecule has 1 atom stereocenters. The van der Waals surface area contributed by atoms with Crippen molar-refractivity contribution in [2.24, 2.45) is 0 Å². The summed E-state index contributed by atoms with van der Waals surface area (Å²) in [5.41, 5.74) is 1.38. The molecule has 25 heavy (non-hydrogen) atoms. The van der Waals surface area contributed by atoms with Gasteiger partial charge in [-0.25, -0.2) is 4.98 Å². The lowest BCUT2D eigenvalue weighted by atomic mass is 9.84. The van der Waals surface area contributed by atoms with Gasteiger partial charge in [0.05, 0.1) is 12.2 Å². The Morgan fingerprint density at radius 1 is 1.20 bits per heavy atom. The molecule has 3 heterocycles. The van der Waals surface area contributed by atoms with Gasteiger partial charge in [0.15, 0.2) is 0 Å². The number of piperidine rings is 1. The van der Waals surface area contributed by atoms with Crippen LogP contribution in [0.5, 0.6) is 11.6 Å². The Balaban J connectivity index is 0.00000182. The molecule has 0 saturated carbocycles. The van der Waals surface area contributed by atoms with Crippen molar-refractivity contribution in [2.75, 3.05) is 19.7 Å². The van der Waals surface area contributed by atoms with Crippen molar-refractivity contribution >= 4 is 28.3 Å². The van der Waals surface area contributed by atoms with Crippen LogP contribution in [0, 0.1) is 0 Å². The molecular formula is C19H22BrClN2O2. The van der Waals surface area contributed by atoms with Gasteiger partial charge in [0.1, 0.15) is 5.75 Å². The third-order valence-corrected chi connectivity index (χ3v) is 5.45. The van der Waals surface area contributed by atoms with Gasteiger partial charge >= 0.3 is 0 Å². The molecular weight excluding hydrogens is 404 g/mol. The van der Waals surface area contributed by atoms with E-state index in [1.807, 2.05) is 18.2 Å². The molecule has 2 aromatic rings. The average molecular weight is 426 g/mol. The van der Waals surface area contributed by atoms with Crippen LogP contribution in [0.2, 0.25) is 0 Å². The molecule has 2 aliphatic heterocycles. The average Bonchev–Trinajstić information content (AvgIpc) is 3.01. The van der Waals surface area contributed by atoms with Gasteiger partial charge in [-0.15, -0.1) is 12.4 Å². The fourth-order valence-electron chi connectivity index (χ4n) is 3.66. The summed E-state index contributed by atoms with van der Waals surface area (Å²) in [6.07, 6.45) is 5.07. The highest BCUT2D eigenvalue weighted by molar-refractivity contribution is 9.10. The Morgan fingerprint density at radius 2 is 2.04 bits per heavy atom. The van der Waals surface area contributed by atoms with Crippen LogP contribution in [0.1, 0.15) is 30.7 Å². The van der Waals surface area contributed by atoms with Crippen molar-refractivity contribution < 1.29 is 9.47 Å². The van der Waals surface area contributed by atoms with Crippen LogP contribution in [0.25, 0.3) is 0 Å². The van der Waals surface area contributed by atoms with E-state index in [1.54, 1.807) is 6.20 Å². The molecule has 4 nitrogen and oxygen atoms in total. The maximum atomic E-state index is 6.22. The summed E-state index contributed by atoms with van der Waals surface area (Å²) in [5, 5.41) is 3.42. The highest BCUT2D eigenvalue weighted by Gasteiger charge is 2.41. The summed E-state index contributed by atoms with van der Waals surface area (Å²) in [6.45, 7) is 2.93. The van der Waals surface area contributed by atoms with E-state index in [-0.39, 0.29) is 18.0 Å². The Bertz CT molecular complexity index is 705. The first-order chi connectivity index (χ1) is 11.7. The Hall–Kier alpha value is -1.14. The molecule has 2 saturated heterocycles. The molecule has 4 rings (SSSR count). The highest BCUT2D eigenvalue weighted by atomic mass is 79.9. The number of halogens is 2. The summed E-state index contributed by atoms with van der Waals surface area (Å²) in [7, 11) is 0. The first-order valence-electron chi connectivity index (χ1n) is 8.47. The molecule has 1 spiro atoms. The van der Waals surface area contributed by atoms with E-state index in [2.05, 4.69) is 44.4 Å². The molecule has 0 aliphatic carbocycles. The third kappa shape index (κ3) is 4.34. The van der Waals surface area contributed by atoms with Crippen LogP contribution >= 0.6 is 28.3 Å². The highest BCUT2D eigenvalue weighted by Crippen LogP contribution is 2.42. The van der Waals surface area contributed by atoms with Gasteiger partial charge in [-0.3, -0.25) is 0 Å². The second-order valence-electron chi connectivity index (χ2n) is 6.63. The standard InChI is InChI=1S/C19H21BrN2O2.ClH/c20-16-4-5-18(22-12-16)24-17-3-1-2-14(10-17)15-11-19(23-13-15)6-8-21-9-7-19;/h1-5,10,12,15,21H,6-9,11,13H2;1H/t15-;/m1./s1. The number of aromatic nitrogens is 1. The van der Waals surface area contributed by atoms with E-state index in [1.165, 1.54) is 5.56 Å². The predicted molar refractivity (Wildman–Crippen MR) is 104 cm³/mol. The molecule has 0 amide bonds. The lowest BCUT2D eigenvalue weighted by Gasteiger charge is -2.33. The Labute approximate surface area is 162 Å². The lowest BCUT2D eigenvalue weighted by molar-refractivity contribution is -0.0193. The predicted octanol–water partition coefficient (Wildman–Crippen LogP) is 4.68. The molecule has 0 radical (unpaired) electrons. The van der Waals surface area contributed by atoms with Gasteiger partial charge < -0.3 is 14.8 Å². The summed E-state index contributed by atoms with van der Waals surface area (Å²) < 4.78 is 13.1. The zero-order chi connectivity index (χ0) is 16.4. The molecule has 1 aromatic heterocycles. The van der Waals surface area contributed by atoms with Gasteiger partial charge in [-0.05, 0) is 72.0 Å². The Morgan fingerprint density at radius 3 is 2.80 bits per heavy atom. The Kier molecular flexibility index (Phi) is 6.00. The van der Waals surface area contributed by atoms with Crippen molar-refractivity contribution in [3.63, 3.8) is 0 Å². The lowest BCUT2D eigenvalue weighted by Crippen LogP contribution is -2.41. The molecule has 2 aliphatic rings. The molecule has 0 unspecified atom stereocenters. The monoisotopic (exact) mass is 424 g/mol. The van der Waals surface area contributed by atoms with E-state index in [4.69, 9.17) is 9.47 Å². The van der Waals surface area contributed by atoms with E-state index < -0.39 is 0 Å². The summed E-state index contributed by atoms with van der Waals surface area (Å²) in [6, 6.07) is 12.1. The third-order valence-electron chi connectivity index (χ3n) is 4.98. The molecule has 0 bridgehead atoms. The molecule has 6 heteroatoms. The van der Waals surface area contributed by atoms with Gasteiger partial charge in [0, 0.05) is 22.7 Å². The van der Waals surface area contributed by atoms with E-state index >= 15 is 0 Å². The minimum Gasteiger partial charge on any atom is -0.439 e. The molecule has 134 valence electrons. The summed E-state index contributed by atoms with van der Waals surface area (Å²) >= 11 is 3.39. The van der Waals surface area contributed by atoms with E-state index in [0.717, 1.165) is 49.2 Å². The normalized spacial score (nSPS) is 21.7. The SMILES string of the molecule is Brc1ccc(Oc2cccc([C@H]3COC4(CCNCC4)C3)c2)nc1.Cl. The van der Waals surface area contributed by atoms with Crippen molar-refractivity contribution in [1.29, 1.82) is 0 Å². The minimum absolute atomic E-state index is 0. The van der Waals surface area contributed by atoms with Crippen LogP contribution in [-0.2, 0) is 4.74 Å². The van der Waals surface area contributed by atoms with E-state index in [9.17, 15) is 0 Å². The summed E-state index contributed by atoms with van der Waals surface area (Å²) in [5.74, 6) is 1.88. The number of nitrogens with zero attached hydrogens (tertiary/aromatic N) is 1. The maximum absolute atomic E-state index is 6.22. The largest absolute Gasteiger partial charge is 0.439 e. The number of benzene rings is 1. The minimum atomic E-state index is 0. The van der Waals surface area contributed by atoms with Gasteiger partial charge in [-0.1, -0.05) is 12.1 Å². The van der Waals surface area contributed by atoms with Crippen molar-refractivity contribution in [2.45, 2.75) is 30.8 Å². The smallest absolute Gasteiger partial charge is 0.219 e. The number of pyridine rings is 1. The number of hydrogen-bond acceptors (Lipinski definition) is 4. The first kappa shape index (κ1) is 18.6. The fraction of sp³-hybridized carbons (Fsp3) is 0.421. The van der Waals surface area contributed by atoms with Crippen molar-refractivity contribution in [3.05, 3.63) is 52.6 Å². The van der Waals surface area contributed by atoms with Crippen LogP contribution in [-0.4, -0.2) is 30.3 Å². The molecule has 1 aromatic carbocycles. The number of ether oxygens (including phenoxy) is 2. The zero-order valence-corrected chi connectivity index (χ0v) is 16.3. The first-order valence-corrected chi connectivity index (χ1v) is 9.26. The fourth-order valence-corrected chi connectivity index (χ4v) is 3.90. The number of nitrogens with one attached hydrogen (secondary N) is 1. The quantitative estimate of drug-likeness (QED) is 0.775. The topological polar surface area (TPSA) is 43.4 Å². The van der Waals surface area contributed by atoms with Crippen molar-refractivity contribution in [1.82, 2.24) is 10.3 Å². The van der Waals surface area contributed by atoms with Gasteiger partial charge in [0.2, 0.25) is 5.88 Å². The number of rotatable bonds is 3. The van der Waals surface area contributed by atoms with E-state index in [0.29, 0.717) is 11.8 Å². The van der Waals surface area contributed by atoms with Crippen LogP contribution in [0.3, 0.4) is 0 Å². The molecule has 2 fully saturated rings. The molecule has 1 N–H and O–H groups in total. The van der Waals surface area contributed by atoms with Gasteiger partial charge in [-0.2, -0.15) is 0 Å². The van der Waals surface area contributed by atoms with Crippen LogP contribution in [0.4, 0.5) is 0 Å². The zero-order valence-electron chi connectivity index (χ0n) is 13.9. The second-order valence-corrected chi connectivity index (χ2v) is 7.55. The second kappa shape index (κ2) is 8.04. The van der Waals surface area contributed by atoms with Crippen LogP contribution < -0.4 is 10.1 Å². The van der Waals surface area contributed by atoms with Crippen molar-refractivity contribution in [3.8, 4) is 11.6 Å². The van der Waals surface area contributed by atoms with Gasteiger partial charge in [0.25, 0.3) is 0 Å². The van der Waals surface area contributed by atoms with Crippen LogP contribution in [0.15, 0.2) is 47.1 Å². The number of hydrogen-bond donors (Lipinski definition) is 1.